The summed E-state index contributed by atoms with van der Waals surface area (Å²) in [6, 6.07) is 0. The lowest BCUT2D eigenvalue weighted by atomic mass is 10.2. The number of aromatic nitrogens is 3. The molecule has 6 nitrogen and oxygen atoms in total. The van der Waals surface area contributed by atoms with Gasteiger partial charge in [-0.1, -0.05) is 6.42 Å². The molecular weight excluding hydrogens is 447 g/mol. The van der Waals surface area contributed by atoms with E-state index in [-0.39, 0.29) is 28.7 Å². The first-order valence-electron chi connectivity index (χ1n) is 8.96. The molecule has 1 aromatic rings. The second-order valence-corrected chi connectivity index (χ2v) is 8.43. The highest BCUT2D eigenvalue weighted by Gasteiger charge is 2.16. The van der Waals surface area contributed by atoms with Gasteiger partial charge in [0.2, 0.25) is 0 Å². The molecule has 0 atom stereocenters. The van der Waals surface area contributed by atoms with Crippen molar-refractivity contribution in [3.8, 4) is 0 Å². The summed E-state index contributed by atoms with van der Waals surface area (Å²) >= 11 is 1.86. The van der Waals surface area contributed by atoms with Crippen LogP contribution in [0.15, 0.2) is 4.99 Å². The number of thioether (sulfide) groups is 1. The summed E-state index contributed by atoms with van der Waals surface area (Å²) in [7, 11) is 1.82. The average molecular weight is 480 g/mol. The quantitative estimate of drug-likeness (QED) is 0.272. The molecule has 8 heteroatoms. The minimum absolute atomic E-state index is 0. The third-order valence-corrected chi connectivity index (χ3v) is 5.76. The smallest absolute Gasteiger partial charge is 0.191 e. The summed E-state index contributed by atoms with van der Waals surface area (Å²) in [5.41, 5.74) is 0. The van der Waals surface area contributed by atoms with Crippen molar-refractivity contribution in [3.63, 3.8) is 0 Å². The minimum Gasteiger partial charge on any atom is -0.356 e. The van der Waals surface area contributed by atoms with Crippen LogP contribution >= 0.6 is 35.7 Å². The van der Waals surface area contributed by atoms with Gasteiger partial charge in [-0.3, -0.25) is 4.99 Å². The fourth-order valence-electron chi connectivity index (χ4n) is 2.77. The van der Waals surface area contributed by atoms with E-state index in [9.17, 15) is 0 Å². The topological polar surface area (TPSA) is 67.1 Å². The molecule has 1 aliphatic heterocycles. The fourth-order valence-corrected chi connectivity index (χ4v) is 2.99. The zero-order chi connectivity index (χ0) is 17.4. The number of rotatable bonds is 7. The van der Waals surface area contributed by atoms with E-state index in [0.717, 1.165) is 50.7 Å². The molecule has 0 radical (unpaired) electrons. The van der Waals surface area contributed by atoms with Gasteiger partial charge in [-0.15, -0.1) is 34.2 Å². The van der Waals surface area contributed by atoms with E-state index in [1.54, 1.807) is 0 Å². The monoisotopic (exact) mass is 480 g/mol. The molecule has 144 valence electrons. The van der Waals surface area contributed by atoms with Gasteiger partial charge in [0.15, 0.2) is 5.96 Å². The normalized spacial score (nSPS) is 15.1. The Morgan fingerprint density at radius 3 is 2.76 bits per heavy atom. The Hall–Kier alpha value is -0.510. The molecule has 0 aliphatic carbocycles. The number of halogens is 1. The Labute approximate surface area is 173 Å². The first-order chi connectivity index (χ1) is 11.6. The molecule has 0 bridgehead atoms. The van der Waals surface area contributed by atoms with Crippen LogP contribution in [0.1, 0.15) is 51.2 Å². The lowest BCUT2D eigenvalue weighted by molar-refractivity contribution is 0.593. The second kappa shape index (κ2) is 11.3. The highest BCUT2D eigenvalue weighted by molar-refractivity contribution is 14.0. The fraction of sp³-hybridized carbons (Fsp3) is 0.824. The standard InChI is InChI=1S/C17H32N6S.HI/c1-17(2,24-4)13-20-16(18-3)19-11-8-10-15-22-21-14-9-6-5-7-12-23(14)15;/h5-13H2,1-4H3,(H2,18,19,20);1H. The van der Waals surface area contributed by atoms with Crippen LogP contribution in [0.2, 0.25) is 0 Å². The lowest BCUT2D eigenvalue weighted by Gasteiger charge is -2.23. The number of guanidine groups is 1. The van der Waals surface area contributed by atoms with Gasteiger partial charge in [0.1, 0.15) is 11.6 Å². The van der Waals surface area contributed by atoms with Gasteiger partial charge >= 0.3 is 0 Å². The van der Waals surface area contributed by atoms with E-state index < -0.39 is 0 Å². The van der Waals surface area contributed by atoms with Gasteiger partial charge in [0, 0.05) is 44.3 Å². The third kappa shape index (κ3) is 7.32. The van der Waals surface area contributed by atoms with Crippen LogP contribution in [0.5, 0.6) is 0 Å². The van der Waals surface area contributed by atoms with Crippen LogP contribution in [-0.4, -0.2) is 51.9 Å². The van der Waals surface area contributed by atoms with Crippen molar-refractivity contribution in [2.24, 2.45) is 4.99 Å². The SMILES string of the molecule is CN=C(NCCCc1nnc2n1CCCCC2)NCC(C)(C)SC.I. The van der Waals surface area contributed by atoms with E-state index in [2.05, 4.69) is 50.5 Å². The molecule has 25 heavy (non-hydrogen) atoms. The van der Waals surface area contributed by atoms with Crippen LogP contribution in [0.25, 0.3) is 0 Å². The largest absolute Gasteiger partial charge is 0.356 e. The van der Waals surface area contributed by atoms with E-state index >= 15 is 0 Å². The van der Waals surface area contributed by atoms with Crippen LogP contribution in [0, 0.1) is 0 Å². The number of nitrogens with one attached hydrogen (secondary N) is 2. The van der Waals surface area contributed by atoms with E-state index in [4.69, 9.17) is 0 Å². The molecule has 1 aliphatic rings. The molecule has 0 spiro atoms. The number of hydrogen-bond acceptors (Lipinski definition) is 4. The maximum Gasteiger partial charge on any atom is 0.191 e. The summed E-state index contributed by atoms with van der Waals surface area (Å²) in [6.07, 6.45) is 9.01. The van der Waals surface area contributed by atoms with Crippen molar-refractivity contribution in [1.82, 2.24) is 25.4 Å². The molecule has 2 N–H and O–H groups in total. The lowest BCUT2D eigenvalue weighted by Crippen LogP contribution is -2.43. The number of hydrogen-bond donors (Lipinski definition) is 2. The molecular formula is C17H33IN6S. The predicted molar refractivity (Wildman–Crippen MR) is 118 cm³/mol. The van der Waals surface area contributed by atoms with Crippen LogP contribution in [-0.2, 0) is 19.4 Å². The van der Waals surface area contributed by atoms with Gasteiger partial charge in [-0.05, 0) is 39.4 Å². The van der Waals surface area contributed by atoms with Crippen LogP contribution in [0.3, 0.4) is 0 Å². The van der Waals surface area contributed by atoms with Gasteiger partial charge in [0.05, 0.1) is 0 Å². The van der Waals surface area contributed by atoms with E-state index in [0.29, 0.717) is 0 Å². The highest BCUT2D eigenvalue weighted by Crippen LogP contribution is 2.19. The summed E-state index contributed by atoms with van der Waals surface area (Å²) in [4.78, 5) is 4.29. The molecule has 0 unspecified atom stereocenters. The van der Waals surface area contributed by atoms with Gasteiger partial charge in [0.25, 0.3) is 0 Å². The molecule has 0 fully saturated rings. The number of aryl methyl sites for hydroxylation is 2. The third-order valence-electron chi connectivity index (χ3n) is 4.51. The maximum atomic E-state index is 4.39. The van der Waals surface area contributed by atoms with Gasteiger partial charge in [-0.25, -0.2) is 0 Å². The molecule has 1 aromatic heterocycles. The van der Waals surface area contributed by atoms with Crippen LogP contribution in [0.4, 0.5) is 0 Å². The minimum atomic E-state index is 0. The maximum absolute atomic E-state index is 4.39. The first-order valence-corrected chi connectivity index (χ1v) is 10.2. The predicted octanol–water partition coefficient (Wildman–Crippen LogP) is 2.86. The molecule has 2 rings (SSSR count). The molecule has 0 amide bonds. The zero-order valence-corrected chi connectivity index (χ0v) is 19.1. The van der Waals surface area contributed by atoms with Crippen molar-refractivity contribution in [3.05, 3.63) is 11.6 Å². The number of aliphatic imine (C=N–C) groups is 1. The Balaban J connectivity index is 0.00000312. The van der Waals surface area contributed by atoms with E-state index in [1.807, 2.05) is 18.8 Å². The Morgan fingerprint density at radius 2 is 2.04 bits per heavy atom. The first kappa shape index (κ1) is 22.5. The number of nitrogens with zero attached hydrogens (tertiary/aromatic N) is 4. The zero-order valence-electron chi connectivity index (χ0n) is 16.0. The average Bonchev–Trinajstić information content (AvgIpc) is 2.80. The summed E-state index contributed by atoms with van der Waals surface area (Å²) in [5, 5.41) is 15.5. The van der Waals surface area contributed by atoms with Crippen molar-refractivity contribution >= 4 is 41.7 Å². The number of fused-ring (bicyclic) bond motifs is 1. The van der Waals surface area contributed by atoms with Crippen molar-refractivity contribution in [2.45, 2.75) is 63.7 Å². The van der Waals surface area contributed by atoms with Gasteiger partial charge < -0.3 is 15.2 Å². The van der Waals surface area contributed by atoms with E-state index in [1.165, 1.54) is 25.1 Å². The second-order valence-electron chi connectivity index (χ2n) is 6.91. The van der Waals surface area contributed by atoms with Crippen molar-refractivity contribution in [2.75, 3.05) is 26.4 Å². The Morgan fingerprint density at radius 1 is 1.24 bits per heavy atom. The highest BCUT2D eigenvalue weighted by atomic mass is 127. The van der Waals surface area contributed by atoms with Gasteiger partial charge in [-0.2, -0.15) is 11.8 Å². The Kier molecular flexibility index (Phi) is 10.1. The van der Waals surface area contributed by atoms with Crippen molar-refractivity contribution < 1.29 is 0 Å². The van der Waals surface area contributed by atoms with Crippen LogP contribution < -0.4 is 10.6 Å². The molecule has 2 heterocycles. The Bertz CT molecular complexity index is 543. The molecule has 0 aromatic carbocycles. The molecule has 0 saturated carbocycles. The summed E-state index contributed by atoms with van der Waals surface area (Å²) in [6.45, 7) is 7.33. The molecule has 0 saturated heterocycles. The summed E-state index contributed by atoms with van der Waals surface area (Å²) in [5.74, 6) is 3.18. The van der Waals surface area contributed by atoms with Crippen molar-refractivity contribution in [1.29, 1.82) is 0 Å². The summed E-state index contributed by atoms with van der Waals surface area (Å²) < 4.78 is 2.54.